The molecule has 1 atom stereocenters. The summed E-state index contributed by atoms with van der Waals surface area (Å²) in [4.78, 5) is 6.76. The van der Waals surface area contributed by atoms with Crippen molar-refractivity contribution >= 4 is 5.96 Å². The molecule has 1 aromatic carbocycles. The molecule has 5 heteroatoms. The van der Waals surface area contributed by atoms with E-state index in [0.717, 1.165) is 57.4 Å². The van der Waals surface area contributed by atoms with Crippen molar-refractivity contribution in [3.05, 3.63) is 29.3 Å². The van der Waals surface area contributed by atoms with E-state index in [-0.39, 0.29) is 0 Å². The lowest BCUT2D eigenvalue weighted by Crippen LogP contribution is -2.41. The summed E-state index contributed by atoms with van der Waals surface area (Å²) < 4.78 is 10.8. The number of hydrogen-bond donors (Lipinski definition) is 1. The number of ether oxygens (including phenoxy) is 2. The number of methoxy groups -OCH3 is 1. The molecule has 1 saturated heterocycles. The van der Waals surface area contributed by atoms with E-state index >= 15 is 0 Å². The Bertz CT molecular complexity index is 559. The molecule has 0 saturated carbocycles. The summed E-state index contributed by atoms with van der Waals surface area (Å²) in [6.07, 6.45) is 3.22. The van der Waals surface area contributed by atoms with Gasteiger partial charge in [0.1, 0.15) is 5.75 Å². The van der Waals surface area contributed by atoms with Crippen LogP contribution >= 0.6 is 0 Å². The largest absolute Gasteiger partial charge is 0.493 e. The minimum atomic E-state index is 0.621. The topological polar surface area (TPSA) is 46.1 Å². The van der Waals surface area contributed by atoms with E-state index in [2.05, 4.69) is 33.4 Å². The average Bonchev–Trinajstić information content (AvgIpc) is 3.20. The molecule has 0 aromatic heterocycles. The Kier molecular flexibility index (Phi) is 5.39. The molecule has 0 spiro atoms. The molecule has 2 heterocycles. The predicted molar refractivity (Wildman–Crippen MR) is 92.3 cm³/mol. The van der Waals surface area contributed by atoms with Gasteiger partial charge in [-0.15, -0.1) is 0 Å². The Morgan fingerprint density at radius 3 is 3.22 bits per heavy atom. The van der Waals surface area contributed by atoms with Crippen molar-refractivity contribution in [1.29, 1.82) is 0 Å². The van der Waals surface area contributed by atoms with Crippen LogP contribution < -0.4 is 10.1 Å². The first-order valence-corrected chi connectivity index (χ1v) is 8.49. The summed E-state index contributed by atoms with van der Waals surface area (Å²) in [6.45, 7) is 4.65. The van der Waals surface area contributed by atoms with Crippen LogP contribution in [0.5, 0.6) is 5.75 Å². The number of fused-ring (bicyclic) bond motifs is 1. The zero-order chi connectivity index (χ0) is 16.1. The van der Waals surface area contributed by atoms with E-state index in [1.54, 1.807) is 7.11 Å². The van der Waals surface area contributed by atoms with Crippen molar-refractivity contribution in [2.45, 2.75) is 19.3 Å². The Labute approximate surface area is 138 Å². The highest BCUT2D eigenvalue weighted by Crippen LogP contribution is 2.25. The number of rotatable bonds is 5. The first kappa shape index (κ1) is 16.1. The summed E-state index contributed by atoms with van der Waals surface area (Å²) in [5.74, 6) is 2.68. The van der Waals surface area contributed by atoms with Gasteiger partial charge < -0.3 is 19.7 Å². The third-order valence-corrected chi connectivity index (χ3v) is 4.65. The van der Waals surface area contributed by atoms with Gasteiger partial charge in [-0.25, -0.2) is 0 Å². The maximum Gasteiger partial charge on any atom is 0.193 e. The second-order valence-electron chi connectivity index (χ2n) is 6.32. The van der Waals surface area contributed by atoms with Gasteiger partial charge in [0.05, 0.1) is 13.2 Å². The van der Waals surface area contributed by atoms with Gasteiger partial charge in [-0.2, -0.15) is 0 Å². The van der Waals surface area contributed by atoms with Crippen molar-refractivity contribution in [2.24, 2.45) is 10.9 Å². The van der Waals surface area contributed by atoms with Gasteiger partial charge in [-0.3, -0.25) is 4.99 Å². The number of likely N-dealkylation sites (tertiary alicyclic amines) is 1. The normalized spacial score (nSPS) is 20.5. The highest BCUT2D eigenvalue weighted by molar-refractivity contribution is 5.80. The maximum absolute atomic E-state index is 5.56. The minimum Gasteiger partial charge on any atom is -0.493 e. The van der Waals surface area contributed by atoms with E-state index in [9.17, 15) is 0 Å². The predicted octanol–water partition coefficient (Wildman–Crippen LogP) is 1.71. The third kappa shape index (κ3) is 3.96. The third-order valence-electron chi connectivity index (χ3n) is 4.65. The van der Waals surface area contributed by atoms with E-state index in [1.807, 2.05) is 7.05 Å². The number of nitrogens with one attached hydrogen (secondary N) is 1. The van der Waals surface area contributed by atoms with Gasteiger partial charge in [-0.05, 0) is 30.0 Å². The SMILES string of the molecule is CN=C(NCCc1ccc2c(c1)CCO2)N1CCC(COC)C1. The number of guanidine groups is 1. The number of hydrogen-bond acceptors (Lipinski definition) is 3. The molecule has 0 radical (unpaired) electrons. The summed E-state index contributed by atoms with van der Waals surface area (Å²) in [5, 5.41) is 3.49. The standard InChI is InChI=1S/C18H27N3O2/c1-19-18(21-9-6-15(12-21)13-22-2)20-8-5-14-3-4-17-16(11-14)7-10-23-17/h3-4,11,15H,5-10,12-13H2,1-2H3,(H,19,20). The molecule has 1 fully saturated rings. The van der Waals surface area contributed by atoms with Crippen molar-refractivity contribution in [1.82, 2.24) is 10.2 Å². The van der Waals surface area contributed by atoms with Crippen LogP contribution in [0.25, 0.3) is 0 Å². The highest BCUT2D eigenvalue weighted by atomic mass is 16.5. The second kappa shape index (κ2) is 7.68. The molecule has 1 aromatic rings. The Morgan fingerprint density at radius 1 is 1.48 bits per heavy atom. The zero-order valence-electron chi connectivity index (χ0n) is 14.2. The van der Waals surface area contributed by atoms with Crippen LogP contribution in [0, 0.1) is 5.92 Å². The van der Waals surface area contributed by atoms with Crippen LogP contribution in [0.3, 0.4) is 0 Å². The van der Waals surface area contributed by atoms with E-state index in [1.165, 1.54) is 17.5 Å². The molecule has 1 unspecified atom stereocenters. The number of benzene rings is 1. The molecule has 0 amide bonds. The minimum absolute atomic E-state index is 0.621. The molecule has 5 nitrogen and oxygen atoms in total. The smallest absolute Gasteiger partial charge is 0.193 e. The molecule has 0 bridgehead atoms. The summed E-state index contributed by atoms with van der Waals surface area (Å²) >= 11 is 0. The molecule has 2 aliphatic heterocycles. The number of nitrogens with zero attached hydrogens (tertiary/aromatic N) is 2. The quantitative estimate of drug-likeness (QED) is 0.663. The van der Waals surface area contributed by atoms with Gasteiger partial charge >= 0.3 is 0 Å². The monoisotopic (exact) mass is 317 g/mol. The summed E-state index contributed by atoms with van der Waals surface area (Å²) in [6, 6.07) is 6.54. The van der Waals surface area contributed by atoms with E-state index < -0.39 is 0 Å². The fourth-order valence-corrected chi connectivity index (χ4v) is 3.44. The fraction of sp³-hybridized carbons (Fsp3) is 0.611. The van der Waals surface area contributed by atoms with Crippen molar-refractivity contribution in [3.8, 4) is 5.75 Å². The van der Waals surface area contributed by atoms with Gasteiger partial charge in [-0.1, -0.05) is 12.1 Å². The first-order valence-electron chi connectivity index (χ1n) is 8.49. The van der Waals surface area contributed by atoms with Crippen molar-refractivity contribution < 1.29 is 9.47 Å². The first-order chi connectivity index (χ1) is 11.3. The van der Waals surface area contributed by atoms with Gasteiger partial charge in [0.25, 0.3) is 0 Å². The molecule has 2 aliphatic rings. The maximum atomic E-state index is 5.56. The van der Waals surface area contributed by atoms with Gasteiger partial charge in [0.2, 0.25) is 0 Å². The Morgan fingerprint density at radius 2 is 2.39 bits per heavy atom. The molecular formula is C18H27N3O2. The lowest BCUT2D eigenvalue weighted by molar-refractivity contribution is 0.157. The Balaban J connectivity index is 1.47. The van der Waals surface area contributed by atoms with Crippen LogP contribution in [-0.4, -0.2) is 57.9 Å². The van der Waals surface area contributed by atoms with Gasteiger partial charge in [0.15, 0.2) is 5.96 Å². The zero-order valence-corrected chi connectivity index (χ0v) is 14.2. The second-order valence-corrected chi connectivity index (χ2v) is 6.32. The molecule has 126 valence electrons. The molecule has 3 rings (SSSR count). The van der Waals surface area contributed by atoms with Gasteiger partial charge in [0, 0.05) is 46.1 Å². The van der Waals surface area contributed by atoms with Crippen LogP contribution in [0.2, 0.25) is 0 Å². The number of aliphatic imine (C=N–C) groups is 1. The fourth-order valence-electron chi connectivity index (χ4n) is 3.44. The molecule has 1 N–H and O–H groups in total. The lowest BCUT2D eigenvalue weighted by Gasteiger charge is -2.21. The van der Waals surface area contributed by atoms with Crippen LogP contribution in [0.1, 0.15) is 17.5 Å². The average molecular weight is 317 g/mol. The summed E-state index contributed by atoms with van der Waals surface area (Å²) in [5.41, 5.74) is 2.70. The van der Waals surface area contributed by atoms with Crippen LogP contribution in [-0.2, 0) is 17.6 Å². The van der Waals surface area contributed by atoms with Crippen molar-refractivity contribution in [2.75, 3.05) is 47.0 Å². The highest BCUT2D eigenvalue weighted by Gasteiger charge is 2.24. The van der Waals surface area contributed by atoms with Crippen molar-refractivity contribution in [3.63, 3.8) is 0 Å². The molecule has 23 heavy (non-hydrogen) atoms. The van der Waals surface area contributed by atoms with E-state index in [0.29, 0.717) is 5.92 Å². The van der Waals surface area contributed by atoms with Crippen LogP contribution in [0.4, 0.5) is 0 Å². The molecule has 0 aliphatic carbocycles. The molecular weight excluding hydrogens is 290 g/mol. The Hall–Kier alpha value is -1.75. The van der Waals surface area contributed by atoms with Crippen LogP contribution in [0.15, 0.2) is 23.2 Å². The lowest BCUT2D eigenvalue weighted by atomic mass is 10.1. The van der Waals surface area contributed by atoms with E-state index in [4.69, 9.17) is 9.47 Å². The summed E-state index contributed by atoms with van der Waals surface area (Å²) in [7, 11) is 3.64.